The van der Waals surface area contributed by atoms with Crippen molar-refractivity contribution in [2.24, 2.45) is 10.8 Å². The van der Waals surface area contributed by atoms with Crippen LogP contribution in [0.25, 0.3) is 0 Å². The van der Waals surface area contributed by atoms with Crippen LogP contribution < -0.4 is 4.74 Å². The maximum Gasteiger partial charge on any atom is 0.119 e. The molecule has 0 spiro atoms. The molecule has 3 nitrogen and oxygen atoms in total. The molecule has 1 aromatic rings. The van der Waals surface area contributed by atoms with E-state index in [1.54, 1.807) is 0 Å². The smallest absolute Gasteiger partial charge is 0.119 e. The number of ether oxygens (including phenoxy) is 1. The molecule has 1 heterocycles. The monoisotopic (exact) mass is 303 g/mol. The van der Waals surface area contributed by atoms with Crippen molar-refractivity contribution in [2.75, 3.05) is 19.7 Å². The van der Waals surface area contributed by atoms with Crippen molar-refractivity contribution in [3.63, 3.8) is 0 Å². The van der Waals surface area contributed by atoms with Gasteiger partial charge in [0, 0.05) is 19.1 Å². The molecule has 0 radical (unpaired) electrons. The first-order chi connectivity index (χ1) is 10.4. The number of aliphatic hydroxyl groups is 1. The van der Waals surface area contributed by atoms with Gasteiger partial charge < -0.3 is 9.84 Å². The van der Waals surface area contributed by atoms with Gasteiger partial charge in [0.2, 0.25) is 0 Å². The molecule has 22 heavy (non-hydrogen) atoms. The van der Waals surface area contributed by atoms with Gasteiger partial charge in [0.15, 0.2) is 0 Å². The lowest BCUT2D eigenvalue weighted by molar-refractivity contribution is 0.0585. The van der Waals surface area contributed by atoms with Crippen LogP contribution in [0.1, 0.15) is 40.0 Å². The van der Waals surface area contributed by atoms with E-state index in [2.05, 4.69) is 25.7 Å². The second kappa shape index (κ2) is 5.86. The first kappa shape index (κ1) is 15.8. The molecule has 2 aliphatic rings. The second-order valence-electron chi connectivity index (χ2n) is 8.42. The van der Waals surface area contributed by atoms with Gasteiger partial charge in [0.25, 0.3) is 0 Å². The van der Waals surface area contributed by atoms with Crippen molar-refractivity contribution < 1.29 is 9.84 Å². The topological polar surface area (TPSA) is 32.7 Å². The Morgan fingerprint density at radius 1 is 1.23 bits per heavy atom. The summed E-state index contributed by atoms with van der Waals surface area (Å²) in [5, 5.41) is 10.3. The van der Waals surface area contributed by atoms with E-state index in [0.717, 1.165) is 18.8 Å². The average molecular weight is 303 g/mol. The molecule has 1 aliphatic carbocycles. The van der Waals surface area contributed by atoms with Gasteiger partial charge in [0.1, 0.15) is 18.5 Å². The summed E-state index contributed by atoms with van der Waals surface area (Å²) in [6.07, 6.45) is 3.40. The number of hydrogen-bond donors (Lipinski definition) is 1. The van der Waals surface area contributed by atoms with Crippen LogP contribution in [0, 0.1) is 10.8 Å². The summed E-state index contributed by atoms with van der Waals surface area (Å²) in [6, 6.07) is 10.4. The lowest BCUT2D eigenvalue weighted by atomic mass is 9.65. The Hall–Kier alpha value is -1.06. The van der Waals surface area contributed by atoms with Gasteiger partial charge in [-0.25, -0.2) is 0 Å². The summed E-state index contributed by atoms with van der Waals surface area (Å²) in [6.45, 7) is 9.39. The molecular formula is C19H29NO2. The van der Waals surface area contributed by atoms with Gasteiger partial charge in [-0.1, -0.05) is 39.0 Å². The summed E-state index contributed by atoms with van der Waals surface area (Å²) < 4.78 is 5.68. The minimum atomic E-state index is -0.425. The first-order valence-electron chi connectivity index (χ1n) is 8.45. The largest absolute Gasteiger partial charge is 0.491 e. The summed E-state index contributed by atoms with van der Waals surface area (Å²) in [5.74, 6) is 0.829. The van der Waals surface area contributed by atoms with E-state index < -0.39 is 6.10 Å². The quantitative estimate of drug-likeness (QED) is 0.905. The van der Waals surface area contributed by atoms with Crippen LogP contribution in [0.2, 0.25) is 0 Å². The number of hydrogen-bond acceptors (Lipinski definition) is 3. The lowest BCUT2D eigenvalue weighted by Crippen LogP contribution is -2.39. The molecule has 1 aromatic carbocycles. The Morgan fingerprint density at radius 2 is 1.95 bits per heavy atom. The van der Waals surface area contributed by atoms with Gasteiger partial charge in [0.05, 0.1) is 0 Å². The Bertz CT molecular complexity index is 501. The van der Waals surface area contributed by atoms with E-state index in [0.29, 0.717) is 23.5 Å². The van der Waals surface area contributed by atoms with Crippen LogP contribution in [-0.4, -0.2) is 41.8 Å². The molecule has 1 N–H and O–H groups in total. The predicted octanol–water partition coefficient (Wildman–Crippen LogP) is 3.33. The fraction of sp³-hybridized carbons (Fsp3) is 0.684. The highest BCUT2D eigenvalue weighted by Crippen LogP contribution is 2.52. The second-order valence-corrected chi connectivity index (χ2v) is 8.42. The number of para-hydroxylation sites is 1. The molecule has 3 atom stereocenters. The van der Waals surface area contributed by atoms with Crippen LogP contribution in [0.3, 0.4) is 0 Å². The Kier molecular flexibility index (Phi) is 4.21. The van der Waals surface area contributed by atoms with Crippen molar-refractivity contribution in [1.82, 2.24) is 4.90 Å². The van der Waals surface area contributed by atoms with Crippen molar-refractivity contribution in [1.29, 1.82) is 0 Å². The molecule has 3 heteroatoms. The Morgan fingerprint density at radius 3 is 2.68 bits per heavy atom. The van der Waals surface area contributed by atoms with Crippen molar-refractivity contribution in [3.8, 4) is 5.75 Å². The maximum atomic E-state index is 10.3. The zero-order valence-corrected chi connectivity index (χ0v) is 14.1. The molecule has 1 saturated heterocycles. The third-order valence-electron chi connectivity index (χ3n) is 5.15. The molecule has 2 fully saturated rings. The van der Waals surface area contributed by atoms with E-state index in [1.807, 2.05) is 30.3 Å². The Balaban J connectivity index is 1.53. The third kappa shape index (κ3) is 3.64. The number of fused-ring (bicyclic) bond motifs is 2. The molecule has 0 unspecified atom stereocenters. The van der Waals surface area contributed by atoms with Crippen LogP contribution in [0.4, 0.5) is 0 Å². The normalized spacial score (nSPS) is 31.9. The molecule has 1 aliphatic heterocycles. The third-order valence-corrected chi connectivity index (χ3v) is 5.15. The Labute approximate surface area is 134 Å². The van der Waals surface area contributed by atoms with Gasteiger partial charge in [-0.15, -0.1) is 0 Å². The summed E-state index contributed by atoms with van der Waals surface area (Å²) in [5.41, 5.74) is 0.852. The SMILES string of the molecule is CC1(C)C[C@H]2C[C@@](C)(CN2C[C@H](O)COc2ccccc2)C1. The van der Waals surface area contributed by atoms with E-state index >= 15 is 0 Å². The predicted molar refractivity (Wildman–Crippen MR) is 89.0 cm³/mol. The van der Waals surface area contributed by atoms with E-state index in [1.165, 1.54) is 19.3 Å². The highest BCUT2D eigenvalue weighted by molar-refractivity contribution is 5.20. The van der Waals surface area contributed by atoms with Crippen LogP contribution in [-0.2, 0) is 0 Å². The fourth-order valence-electron chi connectivity index (χ4n) is 4.82. The van der Waals surface area contributed by atoms with E-state index in [-0.39, 0.29) is 0 Å². The maximum absolute atomic E-state index is 10.3. The van der Waals surface area contributed by atoms with Crippen LogP contribution in [0.15, 0.2) is 30.3 Å². The van der Waals surface area contributed by atoms with Crippen molar-refractivity contribution >= 4 is 0 Å². The van der Waals surface area contributed by atoms with E-state index in [9.17, 15) is 5.11 Å². The van der Waals surface area contributed by atoms with Gasteiger partial charge in [-0.3, -0.25) is 4.90 Å². The summed E-state index contributed by atoms with van der Waals surface area (Å²) in [7, 11) is 0. The zero-order valence-electron chi connectivity index (χ0n) is 14.1. The highest BCUT2D eigenvalue weighted by Gasteiger charge is 2.49. The molecule has 122 valence electrons. The van der Waals surface area contributed by atoms with Crippen LogP contribution in [0.5, 0.6) is 5.75 Å². The molecule has 0 amide bonds. The van der Waals surface area contributed by atoms with Gasteiger partial charge >= 0.3 is 0 Å². The number of nitrogens with zero attached hydrogens (tertiary/aromatic N) is 1. The summed E-state index contributed by atoms with van der Waals surface area (Å²) in [4.78, 5) is 2.49. The molecule has 3 rings (SSSR count). The van der Waals surface area contributed by atoms with Gasteiger partial charge in [-0.05, 0) is 42.2 Å². The minimum absolute atomic E-state index is 0.368. The summed E-state index contributed by atoms with van der Waals surface area (Å²) >= 11 is 0. The lowest BCUT2D eigenvalue weighted by Gasteiger charge is -2.40. The van der Waals surface area contributed by atoms with Crippen molar-refractivity contribution in [2.45, 2.75) is 52.2 Å². The number of aliphatic hydroxyl groups excluding tert-OH is 1. The average Bonchev–Trinajstić information content (AvgIpc) is 2.66. The first-order valence-corrected chi connectivity index (χ1v) is 8.45. The van der Waals surface area contributed by atoms with Crippen LogP contribution >= 0.6 is 0 Å². The molecule has 1 saturated carbocycles. The highest BCUT2D eigenvalue weighted by atomic mass is 16.5. The zero-order chi connectivity index (χ0) is 15.8. The minimum Gasteiger partial charge on any atom is -0.491 e. The van der Waals surface area contributed by atoms with Crippen molar-refractivity contribution in [3.05, 3.63) is 30.3 Å². The molecular weight excluding hydrogens is 274 g/mol. The number of likely N-dealkylation sites (tertiary alicyclic amines) is 1. The number of β-amino-alcohol motifs (C(OH)–C–C–N with tert-alkyl or cyclic N) is 1. The molecule has 2 bridgehead atoms. The standard InChI is InChI=1S/C19H29NO2/c1-18(2)9-15-10-19(3,13-18)14-20(15)11-16(21)12-22-17-7-5-4-6-8-17/h4-8,15-16,21H,9-14H2,1-3H3/t15-,16-,19+/m0/s1. The molecule has 0 aromatic heterocycles. The van der Waals surface area contributed by atoms with E-state index in [4.69, 9.17) is 4.74 Å². The fourth-order valence-corrected chi connectivity index (χ4v) is 4.82. The number of benzene rings is 1. The number of rotatable bonds is 5. The van der Waals surface area contributed by atoms with Gasteiger partial charge in [-0.2, -0.15) is 0 Å².